The lowest BCUT2D eigenvalue weighted by Gasteiger charge is -2.26. The molecular weight excluding hydrogens is 226 g/mol. The third kappa shape index (κ3) is 2.41. The molecule has 1 aliphatic heterocycles. The molecule has 2 atom stereocenters. The number of hydrogen-bond acceptors (Lipinski definition) is 2. The molecule has 18 heavy (non-hydrogen) atoms. The van der Waals surface area contributed by atoms with Gasteiger partial charge in [0.05, 0.1) is 5.41 Å². The van der Waals surface area contributed by atoms with Crippen molar-refractivity contribution in [1.82, 2.24) is 4.90 Å². The highest BCUT2D eigenvalue weighted by Crippen LogP contribution is 2.35. The van der Waals surface area contributed by atoms with Gasteiger partial charge in [-0.3, -0.25) is 9.69 Å². The third-order valence-electron chi connectivity index (χ3n) is 4.13. The number of carboxylic acids is 1. The highest BCUT2D eigenvalue weighted by atomic mass is 16.4. The minimum Gasteiger partial charge on any atom is -0.481 e. The molecule has 1 aromatic carbocycles. The quantitative estimate of drug-likeness (QED) is 0.893. The molecule has 2 unspecified atom stereocenters. The summed E-state index contributed by atoms with van der Waals surface area (Å²) < 4.78 is 0. The standard InChI is InChI=1S/C15H21NO2/c1-11-4-6-13(7-5-11)12(2)16-9-8-15(3,10-16)14(17)18/h4-7,12H,8-10H2,1-3H3,(H,17,18). The summed E-state index contributed by atoms with van der Waals surface area (Å²) in [6.07, 6.45) is 0.735. The summed E-state index contributed by atoms with van der Waals surface area (Å²) in [4.78, 5) is 13.5. The zero-order valence-corrected chi connectivity index (χ0v) is 11.3. The molecule has 3 heteroatoms. The van der Waals surface area contributed by atoms with E-state index in [1.54, 1.807) is 0 Å². The zero-order chi connectivity index (χ0) is 13.3. The molecule has 3 nitrogen and oxygen atoms in total. The molecule has 1 heterocycles. The topological polar surface area (TPSA) is 40.5 Å². The largest absolute Gasteiger partial charge is 0.481 e. The summed E-state index contributed by atoms with van der Waals surface area (Å²) in [5.74, 6) is -0.680. The van der Waals surface area contributed by atoms with Gasteiger partial charge in [0.2, 0.25) is 0 Å². The number of aliphatic carboxylic acids is 1. The van der Waals surface area contributed by atoms with Crippen LogP contribution in [0.15, 0.2) is 24.3 Å². The fourth-order valence-electron chi connectivity index (χ4n) is 2.56. The van der Waals surface area contributed by atoms with Crippen molar-refractivity contribution in [2.45, 2.75) is 33.2 Å². The Kier molecular flexibility index (Phi) is 3.44. The SMILES string of the molecule is Cc1ccc(C(C)N2CCC(C)(C(=O)O)C2)cc1. The average Bonchev–Trinajstić information content (AvgIpc) is 2.73. The third-order valence-corrected chi connectivity index (χ3v) is 4.13. The normalized spacial score (nSPS) is 26.2. The Labute approximate surface area is 108 Å². The second kappa shape index (κ2) is 4.73. The number of likely N-dealkylation sites (tertiary alicyclic amines) is 1. The Morgan fingerprint density at radius 2 is 2.00 bits per heavy atom. The summed E-state index contributed by atoms with van der Waals surface area (Å²) >= 11 is 0. The van der Waals surface area contributed by atoms with E-state index < -0.39 is 11.4 Å². The summed E-state index contributed by atoms with van der Waals surface area (Å²) in [7, 11) is 0. The van der Waals surface area contributed by atoms with Crippen molar-refractivity contribution >= 4 is 5.97 Å². The first-order chi connectivity index (χ1) is 8.42. The van der Waals surface area contributed by atoms with Gasteiger partial charge >= 0.3 is 5.97 Å². The lowest BCUT2D eigenvalue weighted by molar-refractivity contribution is -0.147. The lowest BCUT2D eigenvalue weighted by Crippen LogP contribution is -2.32. The number of nitrogens with zero attached hydrogens (tertiary/aromatic N) is 1. The molecule has 98 valence electrons. The van der Waals surface area contributed by atoms with E-state index >= 15 is 0 Å². The van der Waals surface area contributed by atoms with Crippen molar-refractivity contribution in [3.8, 4) is 0 Å². The van der Waals surface area contributed by atoms with Crippen molar-refractivity contribution in [2.24, 2.45) is 5.41 Å². The lowest BCUT2D eigenvalue weighted by atomic mass is 9.90. The molecule has 0 saturated carbocycles. The van der Waals surface area contributed by atoms with Crippen molar-refractivity contribution in [1.29, 1.82) is 0 Å². The van der Waals surface area contributed by atoms with Gasteiger partial charge in [-0.25, -0.2) is 0 Å². The Bertz CT molecular complexity index is 440. The highest BCUT2D eigenvalue weighted by Gasteiger charge is 2.41. The molecule has 1 aromatic rings. The van der Waals surface area contributed by atoms with Crippen LogP contribution in [-0.2, 0) is 4.79 Å². The Balaban J connectivity index is 2.10. The van der Waals surface area contributed by atoms with Crippen LogP contribution < -0.4 is 0 Å². The van der Waals surface area contributed by atoms with Gasteiger partial charge in [-0.2, -0.15) is 0 Å². The van der Waals surface area contributed by atoms with E-state index in [0.717, 1.165) is 13.0 Å². The summed E-state index contributed by atoms with van der Waals surface area (Å²) in [5.41, 5.74) is 1.93. The number of benzene rings is 1. The second-order valence-electron chi connectivity index (χ2n) is 5.67. The molecular formula is C15H21NO2. The maximum atomic E-state index is 11.2. The molecule has 0 aromatic heterocycles. The first-order valence-electron chi connectivity index (χ1n) is 6.46. The molecule has 1 fully saturated rings. The molecule has 0 bridgehead atoms. The van der Waals surface area contributed by atoms with Crippen LogP contribution in [0.5, 0.6) is 0 Å². The van der Waals surface area contributed by atoms with E-state index in [4.69, 9.17) is 0 Å². The molecule has 0 amide bonds. The first kappa shape index (κ1) is 13.1. The number of carbonyl (C=O) groups is 1. The molecule has 1 saturated heterocycles. The number of hydrogen-bond donors (Lipinski definition) is 1. The summed E-state index contributed by atoms with van der Waals surface area (Å²) in [5, 5.41) is 9.25. The van der Waals surface area contributed by atoms with Gasteiger partial charge < -0.3 is 5.11 Å². The van der Waals surface area contributed by atoms with E-state index in [2.05, 4.69) is 43.0 Å². The Morgan fingerprint density at radius 1 is 1.39 bits per heavy atom. The van der Waals surface area contributed by atoms with Crippen LogP contribution in [0.3, 0.4) is 0 Å². The van der Waals surface area contributed by atoms with E-state index in [-0.39, 0.29) is 6.04 Å². The Hall–Kier alpha value is -1.35. The monoisotopic (exact) mass is 247 g/mol. The van der Waals surface area contributed by atoms with Crippen LogP contribution in [0.25, 0.3) is 0 Å². The average molecular weight is 247 g/mol. The molecule has 1 N–H and O–H groups in total. The van der Waals surface area contributed by atoms with Gasteiger partial charge in [-0.05, 0) is 39.3 Å². The number of aryl methyl sites for hydroxylation is 1. The van der Waals surface area contributed by atoms with Gasteiger partial charge in [-0.1, -0.05) is 29.8 Å². The van der Waals surface area contributed by atoms with E-state index in [9.17, 15) is 9.90 Å². The van der Waals surface area contributed by atoms with Crippen LogP contribution in [0, 0.1) is 12.3 Å². The van der Waals surface area contributed by atoms with Crippen LogP contribution >= 0.6 is 0 Å². The van der Waals surface area contributed by atoms with Gasteiger partial charge in [0.1, 0.15) is 0 Å². The molecule has 2 rings (SSSR count). The van der Waals surface area contributed by atoms with Crippen molar-refractivity contribution in [3.63, 3.8) is 0 Å². The van der Waals surface area contributed by atoms with Crippen LogP contribution in [0.2, 0.25) is 0 Å². The van der Waals surface area contributed by atoms with Crippen molar-refractivity contribution in [2.75, 3.05) is 13.1 Å². The number of rotatable bonds is 3. The van der Waals surface area contributed by atoms with Crippen LogP contribution in [-0.4, -0.2) is 29.1 Å². The zero-order valence-electron chi connectivity index (χ0n) is 11.3. The fourth-order valence-corrected chi connectivity index (χ4v) is 2.56. The van der Waals surface area contributed by atoms with E-state index in [1.807, 2.05) is 6.92 Å². The second-order valence-corrected chi connectivity index (χ2v) is 5.67. The predicted molar refractivity (Wildman–Crippen MR) is 71.5 cm³/mol. The van der Waals surface area contributed by atoms with Crippen molar-refractivity contribution < 1.29 is 9.90 Å². The maximum Gasteiger partial charge on any atom is 0.310 e. The molecule has 0 aliphatic carbocycles. The smallest absolute Gasteiger partial charge is 0.310 e. The van der Waals surface area contributed by atoms with Crippen molar-refractivity contribution in [3.05, 3.63) is 35.4 Å². The van der Waals surface area contributed by atoms with Gasteiger partial charge in [-0.15, -0.1) is 0 Å². The molecule has 0 radical (unpaired) electrons. The summed E-state index contributed by atoms with van der Waals surface area (Å²) in [6.45, 7) is 7.57. The Morgan fingerprint density at radius 3 is 2.50 bits per heavy atom. The summed E-state index contributed by atoms with van der Waals surface area (Å²) in [6, 6.07) is 8.77. The number of carboxylic acid groups (broad SMARTS) is 1. The molecule has 1 aliphatic rings. The van der Waals surface area contributed by atoms with E-state index in [1.165, 1.54) is 11.1 Å². The fraction of sp³-hybridized carbons (Fsp3) is 0.533. The van der Waals surface area contributed by atoms with Gasteiger partial charge in [0, 0.05) is 12.6 Å². The highest BCUT2D eigenvalue weighted by molar-refractivity contribution is 5.74. The predicted octanol–water partition coefficient (Wildman–Crippen LogP) is 2.85. The van der Waals surface area contributed by atoms with Crippen LogP contribution in [0.1, 0.15) is 37.4 Å². The van der Waals surface area contributed by atoms with Gasteiger partial charge in [0.15, 0.2) is 0 Å². The van der Waals surface area contributed by atoms with Gasteiger partial charge in [0.25, 0.3) is 0 Å². The first-order valence-corrected chi connectivity index (χ1v) is 6.46. The minimum atomic E-state index is -0.680. The maximum absolute atomic E-state index is 11.2. The van der Waals surface area contributed by atoms with Crippen LogP contribution in [0.4, 0.5) is 0 Å². The minimum absolute atomic E-state index is 0.284. The van der Waals surface area contributed by atoms with E-state index in [0.29, 0.717) is 6.54 Å². The molecule has 0 spiro atoms.